The van der Waals surface area contributed by atoms with Crippen LogP contribution in [0.4, 0.5) is 5.69 Å². The molecule has 2 rings (SSSR count). The topological polar surface area (TPSA) is 72.1 Å². The van der Waals surface area contributed by atoms with Crippen molar-refractivity contribution in [2.45, 2.75) is 6.42 Å². The van der Waals surface area contributed by atoms with Gasteiger partial charge in [0.2, 0.25) is 0 Å². The number of nitrogen functional groups attached to an aromatic ring is 1. The van der Waals surface area contributed by atoms with Crippen molar-refractivity contribution in [2.24, 2.45) is 0 Å². The Kier molecular flexibility index (Phi) is 4.07. The quantitative estimate of drug-likeness (QED) is 0.896. The number of hydrogen-bond acceptors (Lipinski definition) is 4. The lowest BCUT2D eigenvalue weighted by atomic mass is 10.2. The van der Waals surface area contributed by atoms with Gasteiger partial charge < -0.3 is 10.6 Å². The molecular formula is C14H16N4O. The van der Waals surface area contributed by atoms with E-state index >= 15 is 0 Å². The first-order valence-electron chi connectivity index (χ1n) is 6.04. The third kappa shape index (κ3) is 3.28. The zero-order chi connectivity index (χ0) is 13.7. The fourth-order valence-corrected chi connectivity index (χ4v) is 1.71. The van der Waals surface area contributed by atoms with Gasteiger partial charge in [0.25, 0.3) is 5.91 Å². The van der Waals surface area contributed by atoms with E-state index in [9.17, 15) is 4.79 Å². The molecule has 0 spiro atoms. The van der Waals surface area contributed by atoms with Crippen LogP contribution in [-0.2, 0) is 6.42 Å². The van der Waals surface area contributed by atoms with Gasteiger partial charge in [-0.3, -0.25) is 9.78 Å². The van der Waals surface area contributed by atoms with Gasteiger partial charge in [0.1, 0.15) is 0 Å². The van der Waals surface area contributed by atoms with E-state index in [0.29, 0.717) is 24.3 Å². The Morgan fingerprint density at radius 3 is 2.68 bits per heavy atom. The van der Waals surface area contributed by atoms with Crippen molar-refractivity contribution in [3.63, 3.8) is 0 Å². The van der Waals surface area contributed by atoms with Crippen LogP contribution in [0.2, 0.25) is 0 Å². The normalized spacial score (nSPS) is 10.2. The molecule has 0 aliphatic heterocycles. The maximum Gasteiger partial charge on any atom is 0.274 e. The minimum Gasteiger partial charge on any atom is -0.397 e. The second-order valence-corrected chi connectivity index (χ2v) is 4.24. The van der Waals surface area contributed by atoms with Crippen LogP contribution < -0.4 is 5.73 Å². The molecule has 0 saturated carbocycles. The van der Waals surface area contributed by atoms with Crippen molar-refractivity contribution in [1.29, 1.82) is 0 Å². The number of amides is 1. The molecule has 0 atom stereocenters. The monoisotopic (exact) mass is 256 g/mol. The highest BCUT2D eigenvalue weighted by Crippen LogP contribution is 2.09. The van der Waals surface area contributed by atoms with E-state index in [2.05, 4.69) is 9.97 Å². The second kappa shape index (κ2) is 5.95. The molecule has 5 heteroatoms. The molecule has 2 aromatic heterocycles. The molecule has 0 saturated heterocycles. The summed E-state index contributed by atoms with van der Waals surface area (Å²) in [6.07, 6.45) is 4.01. The van der Waals surface area contributed by atoms with Gasteiger partial charge in [-0.1, -0.05) is 6.07 Å². The van der Waals surface area contributed by atoms with Gasteiger partial charge in [0.15, 0.2) is 5.69 Å². The van der Waals surface area contributed by atoms with E-state index < -0.39 is 0 Å². The maximum absolute atomic E-state index is 12.1. The van der Waals surface area contributed by atoms with E-state index in [4.69, 9.17) is 5.73 Å². The number of pyridine rings is 2. The Bertz CT molecular complexity index is 556. The minimum absolute atomic E-state index is 0.172. The highest BCUT2D eigenvalue weighted by Gasteiger charge is 2.15. The van der Waals surface area contributed by atoms with Gasteiger partial charge in [0, 0.05) is 38.1 Å². The molecule has 0 aliphatic rings. The van der Waals surface area contributed by atoms with Gasteiger partial charge in [-0.2, -0.15) is 0 Å². The first-order chi connectivity index (χ1) is 9.18. The number of carbonyl (C=O) groups is 1. The molecule has 1 amide bonds. The predicted octanol–water partition coefficient (Wildman–Crippen LogP) is 1.37. The van der Waals surface area contributed by atoms with Crippen LogP contribution >= 0.6 is 0 Å². The Morgan fingerprint density at radius 2 is 2.00 bits per heavy atom. The van der Waals surface area contributed by atoms with Crippen LogP contribution in [0.3, 0.4) is 0 Å². The Balaban J connectivity index is 1.99. The molecule has 0 aromatic carbocycles. The number of hydrogen-bond donors (Lipinski definition) is 1. The smallest absolute Gasteiger partial charge is 0.274 e. The van der Waals surface area contributed by atoms with Gasteiger partial charge in [-0.15, -0.1) is 0 Å². The molecule has 0 bridgehead atoms. The summed E-state index contributed by atoms with van der Waals surface area (Å²) in [6.45, 7) is 0.575. The summed E-state index contributed by atoms with van der Waals surface area (Å²) >= 11 is 0. The molecule has 5 nitrogen and oxygen atoms in total. The standard InChI is InChI=1S/C14H16N4O/c1-18(10-7-11-5-2-3-8-16-11)14(19)13-12(15)6-4-9-17-13/h2-6,8-9H,7,10,15H2,1H3. The number of carbonyl (C=O) groups excluding carboxylic acids is 1. The van der Waals surface area contributed by atoms with Crippen LogP contribution in [0.5, 0.6) is 0 Å². The van der Waals surface area contributed by atoms with E-state index in [0.717, 1.165) is 5.69 Å². The summed E-state index contributed by atoms with van der Waals surface area (Å²) in [5.41, 5.74) is 7.40. The van der Waals surface area contributed by atoms with E-state index in [1.165, 1.54) is 0 Å². The molecule has 0 fully saturated rings. The van der Waals surface area contributed by atoms with Crippen molar-refractivity contribution in [1.82, 2.24) is 14.9 Å². The summed E-state index contributed by atoms with van der Waals surface area (Å²) in [5.74, 6) is -0.172. The number of rotatable bonds is 4. The highest BCUT2D eigenvalue weighted by molar-refractivity contribution is 5.96. The average Bonchev–Trinajstić information content (AvgIpc) is 2.45. The van der Waals surface area contributed by atoms with Gasteiger partial charge >= 0.3 is 0 Å². The summed E-state index contributed by atoms with van der Waals surface area (Å²) in [7, 11) is 1.74. The largest absolute Gasteiger partial charge is 0.397 e. The van der Waals surface area contributed by atoms with Crippen molar-refractivity contribution >= 4 is 11.6 Å². The molecule has 19 heavy (non-hydrogen) atoms. The molecule has 98 valence electrons. The number of anilines is 1. The summed E-state index contributed by atoms with van der Waals surface area (Å²) in [6, 6.07) is 9.12. The van der Waals surface area contributed by atoms with Gasteiger partial charge in [0.05, 0.1) is 5.69 Å². The lowest BCUT2D eigenvalue weighted by molar-refractivity contribution is 0.0791. The fraction of sp³-hybridized carbons (Fsp3) is 0.214. The Labute approximate surface area is 112 Å². The molecule has 0 unspecified atom stereocenters. The molecule has 0 aliphatic carbocycles. The third-order valence-electron chi connectivity index (χ3n) is 2.82. The van der Waals surface area contributed by atoms with Crippen molar-refractivity contribution < 1.29 is 4.79 Å². The summed E-state index contributed by atoms with van der Waals surface area (Å²) in [5, 5.41) is 0. The second-order valence-electron chi connectivity index (χ2n) is 4.24. The SMILES string of the molecule is CN(CCc1ccccn1)C(=O)c1ncccc1N. The average molecular weight is 256 g/mol. The van der Waals surface area contributed by atoms with Crippen molar-refractivity contribution in [3.8, 4) is 0 Å². The summed E-state index contributed by atoms with van der Waals surface area (Å²) < 4.78 is 0. The van der Waals surface area contributed by atoms with E-state index in [1.54, 1.807) is 36.5 Å². The van der Waals surface area contributed by atoms with E-state index in [1.807, 2.05) is 18.2 Å². The van der Waals surface area contributed by atoms with Gasteiger partial charge in [-0.05, 0) is 24.3 Å². The first kappa shape index (κ1) is 13.0. The van der Waals surface area contributed by atoms with Crippen LogP contribution in [0.1, 0.15) is 16.2 Å². The zero-order valence-electron chi connectivity index (χ0n) is 10.8. The predicted molar refractivity (Wildman–Crippen MR) is 73.6 cm³/mol. The van der Waals surface area contributed by atoms with E-state index in [-0.39, 0.29) is 5.91 Å². The zero-order valence-corrected chi connectivity index (χ0v) is 10.8. The number of likely N-dealkylation sites (N-methyl/N-ethyl adjacent to an activating group) is 1. The van der Waals surface area contributed by atoms with Gasteiger partial charge in [-0.25, -0.2) is 4.98 Å². The lowest BCUT2D eigenvalue weighted by Gasteiger charge is -2.17. The maximum atomic E-state index is 12.1. The molecule has 2 aromatic rings. The van der Waals surface area contributed by atoms with Crippen LogP contribution in [0.15, 0.2) is 42.7 Å². The van der Waals surface area contributed by atoms with Crippen LogP contribution in [0, 0.1) is 0 Å². The van der Waals surface area contributed by atoms with Crippen LogP contribution in [-0.4, -0.2) is 34.4 Å². The van der Waals surface area contributed by atoms with Crippen molar-refractivity contribution in [2.75, 3.05) is 19.3 Å². The Morgan fingerprint density at radius 1 is 1.21 bits per heavy atom. The highest BCUT2D eigenvalue weighted by atomic mass is 16.2. The lowest BCUT2D eigenvalue weighted by Crippen LogP contribution is -2.30. The Hall–Kier alpha value is -2.43. The molecule has 2 N–H and O–H groups in total. The third-order valence-corrected chi connectivity index (χ3v) is 2.82. The molecule has 2 heterocycles. The summed E-state index contributed by atoms with van der Waals surface area (Å²) in [4.78, 5) is 22.0. The molecular weight excluding hydrogens is 240 g/mol. The fourth-order valence-electron chi connectivity index (χ4n) is 1.71. The van der Waals surface area contributed by atoms with Crippen molar-refractivity contribution in [3.05, 3.63) is 54.1 Å². The number of aromatic nitrogens is 2. The number of nitrogens with zero attached hydrogens (tertiary/aromatic N) is 3. The molecule has 0 radical (unpaired) electrons. The number of nitrogens with two attached hydrogens (primary N) is 1. The minimum atomic E-state index is -0.172. The van der Waals surface area contributed by atoms with Crippen LogP contribution in [0.25, 0.3) is 0 Å². The first-order valence-corrected chi connectivity index (χ1v) is 6.04.